The SMILES string of the molecule is C#CC(CCC)Nc1cc(F)cc(F)c1[N+](=O)[O-]. The number of benzene rings is 1. The first-order chi connectivity index (χ1) is 8.49. The van der Waals surface area contributed by atoms with Gasteiger partial charge >= 0.3 is 5.69 Å². The highest BCUT2D eigenvalue weighted by Gasteiger charge is 2.23. The van der Waals surface area contributed by atoms with Crippen LogP contribution in [0.15, 0.2) is 12.1 Å². The smallest absolute Gasteiger partial charge is 0.327 e. The van der Waals surface area contributed by atoms with Crippen molar-refractivity contribution >= 4 is 11.4 Å². The predicted molar refractivity (Wildman–Crippen MR) is 64.2 cm³/mol. The number of terminal acetylenes is 1. The van der Waals surface area contributed by atoms with Crippen molar-refractivity contribution in [2.24, 2.45) is 0 Å². The standard InChI is InChI=1S/C12H12F2N2O2/c1-3-5-9(4-2)15-11-7-8(13)6-10(14)12(11)16(17)18/h2,6-7,9,15H,3,5H2,1H3. The first-order valence-corrected chi connectivity index (χ1v) is 5.35. The van der Waals surface area contributed by atoms with Gasteiger partial charge < -0.3 is 5.32 Å². The van der Waals surface area contributed by atoms with Crippen LogP contribution in [0.2, 0.25) is 0 Å². The number of nitro benzene ring substituents is 1. The van der Waals surface area contributed by atoms with Crippen LogP contribution in [-0.2, 0) is 0 Å². The Morgan fingerprint density at radius 3 is 2.72 bits per heavy atom. The molecule has 0 spiro atoms. The average Bonchev–Trinajstić information content (AvgIpc) is 2.26. The quantitative estimate of drug-likeness (QED) is 0.499. The molecule has 0 fully saturated rings. The van der Waals surface area contributed by atoms with Gasteiger partial charge in [0, 0.05) is 12.1 Å². The highest BCUT2D eigenvalue weighted by Crippen LogP contribution is 2.29. The van der Waals surface area contributed by atoms with Crippen LogP contribution in [0, 0.1) is 34.1 Å². The number of halogens is 2. The van der Waals surface area contributed by atoms with Gasteiger partial charge in [-0.2, -0.15) is 4.39 Å². The van der Waals surface area contributed by atoms with Crippen molar-refractivity contribution in [1.82, 2.24) is 0 Å². The zero-order valence-corrected chi connectivity index (χ0v) is 9.74. The summed E-state index contributed by atoms with van der Waals surface area (Å²) >= 11 is 0. The minimum absolute atomic E-state index is 0.242. The van der Waals surface area contributed by atoms with Gasteiger partial charge in [0.1, 0.15) is 11.5 Å². The van der Waals surface area contributed by atoms with Crippen LogP contribution < -0.4 is 5.32 Å². The normalized spacial score (nSPS) is 11.7. The highest BCUT2D eigenvalue weighted by atomic mass is 19.1. The van der Waals surface area contributed by atoms with Gasteiger partial charge in [-0.25, -0.2) is 4.39 Å². The summed E-state index contributed by atoms with van der Waals surface area (Å²) in [5, 5.41) is 13.3. The Kier molecular flexibility index (Phi) is 4.60. The Hall–Kier alpha value is -2.16. The van der Waals surface area contributed by atoms with E-state index in [1.54, 1.807) is 0 Å². The number of anilines is 1. The maximum atomic E-state index is 13.3. The van der Waals surface area contributed by atoms with Crippen molar-refractivity contribution in [3.8, 4) is 12.3 Å². The lowest BCUT2D eigenvalue weighted by Crippen LogP contribution is -2.18. The summed E-state index contributed by atoms with van der Waals surface area (Å²) in [5.74, 6) is 0.255. The monoisotopic (exact) mass is 254 g/mol. The van der Waals surface area contributed by atoms with E-state index < -0.39 is 28.3 Å². The molecule has 0 aromatic heterocycles. The van der Waals surface area contributed by atoms with Crippen molar-refractivity contribution in [3.63, 3.8) is 0 Å². The minimum Gasteiger partial charge on any atom is -0.366 e. The van der Waals surface area contributed by atoms with Gasteiger partial charge in [-0.1, -0.05) is 19.3 Å². The zero-order valence-electron chi connectivity index (χ0n) is 9.74. The van der Waals surface area contributed by atoms with E-state index in [1.807, 2.05) is 6.92 Å². The fraction of sp³-hybridized carbons (Fsp3) is 0.333. The zero-order chi connectivity index (χ0) is 13.7. The summed E-state index contributed by atoms with van der Waals surface area (Å²) < 4.78 is 26.4. The molecule has 1 aromatic carbocycles. The lowest BCUT2D eigenvalue weighted by molar-refractivity contribution is -0.386. The van der Waals surface area contributed by atoms with Crippen LogP contribution in [0.5, 0.6) is 0 Å². The number of rotatable bonds is 5. The molecule has 0 saturated heterocycles. The second-order valence-corrected chi connectivity index (χ2v) is 3.69. The number of nitro groups is 1. The van der Waals surface area contributed by atoms with Crippen molar-refractivity contribution in [2.75, 3.05) is 5.32 Å². The first kappa shape index (κ1) is 13.9. The molecule has 0 saturated carbocycles. The third-order valence-corrected chi connectivity index (χ3v) is 2.32. The van der Waals surface area contributed by atoms with Crippen molar-refractivity contribution in [3.05, 3.63) is 33.9 Å². The average molecular weight is 254 g/mol. The number of hydrogen-bond donors (Lipinski definition) is 1. The molecule has 1 rings (SSSR count). The van der Waals surface area contributed by atoms with Gasteiger partial charge in [0.25, 0.3) is 0 Å². The van der Waals surface area contributed by atoms with Crippen LogP contribution >= 0.6 is 0 Å². The molecule has 1 N–H and O–H groups in total. The molecule has 1 unspecified atom stereocenters. The first-order valence-electron chi connectivity index (χ1n) is 5.35. The van der Waals surface area contributed by atoms with Crippen LogP contribution in [-0.4, -0.2) is 11.0 Å². The molecule has 4 nitrogen and oxygen atoms in total. The molecule has 96 valence electrons. The predicted octanol–water partition coefficient (Wildman–Crippen LogP) is 3.09. The summed E-state index contributed by atoms with van der Waals surface area (Å²) in [5.41, 5.74) is -1.04. The molecule has 0 amide bonds. The van der Waals surface area contributed by atoms with Gasteiger partial charge in [0.05, 0.1) is 11.0 Å². The maximum Gasteiger partial charge on any atom is 0.327 e. The Bertz CT molecular complexity index is 498. The molecule has 0 radical (unpaired) electrons. The van der Waals surface area contributed by atoms with Gasteiger partial charge in [0.15, 0.2) is 0 Å². The Morgan fingerprint density at radius 1 is 1.56 bits per heavy atom. The topological polar surface area (TPSA) is 55.2 Å². The van der Waals surface area contributed by atoms with Crippen LogP contribution in [0.4, 0.5) is 20.2 Å². The van der Waals surface area contributed by atoms with Gasteiger partial charge in [0.2, 0.25) is 5.82 Å². The van der Waals surface area contributed by atoms with Crippen molar-refractivity contribution in [1.29, 1.82) is 0 Å². The number of nitrogens with one attached hydrogen (secondary N) is 1. The fourth-order valence-electron chi connectivity index (χ4n) is 1.54. The lowest BCUT2D eigenvalue weighted by atomic mass is 10.1. The van der Waals surface area contributed by atoms with E-state index in [4.69, 9.17) is 6.42 Å². The van der Waals surface area contributed by atoms with E-state index in [9.17, 15) is 18.9 Å². The van der Waals surface area contributed by atoms with Gasteiger partial charge in [-0.3, -0.25) is 10.1 Å². The summed E-state index contributed by atoms with van der Waals surface area (Å²) in [6.45, 7) is 1.88. The molecule has 6 heteroatoms. The Morgan fingerprint density at radius 2 is 2.22 bits per heavy atom. The molecule has 1 atom stereocenters. The van der Waals surface area contributed by atoms with Crippen LogP contribution in [0.25, 0.3) is 0 Å². The third kappa shape index (κ3) is 3.17. The molecule has 0 aliphatic carbocycles. The number of hydrogen-bond acceptors (Lipinski definition) is 3. The molecule has 1 aromatic rings. The maximum absolute atomic E-state index is 13.3. The molecule has 0 aliphatic heterocycles. The summed E-state index contributed by atoms with van der Waals surface area (Å²) in [6, 6.07) is 0.824. The van der Waals surface area contributed by atoms with E-state index in [0.29, 0.717) is 12.5 Å². The van der Waals surface area contributed by atoms with E-state index in [-0.39, 0.29) is 5.69 Å². The molecule has 0 bridgehead atoms. The highest BCUT2D eigenvalue weighted by molar-refractivity contribution is 5.63. The van der Waals surface area contributed by atoms with Gasteiger partial charge in [-0.05, 0) is 6.42 Å². The molecule has 0 heterocycles. The third-order valence-electron chi connectivity index (χ3n) is 2.32. The van der Waals surface area contributed by atoms with E-state index >= 15 is 0 Å². The second-order valence-electron chi connectivity index (χ2n) is 3.69. The van der Waals surface area contributed by atoms with Crippen molar-refractivity contribution in [2.45, 2.75) is 25.8 Å². The molecule has 0 aliphatic rings. The van der Waals surface area contributed by atoms with E-state index in [1.165, 1.54) is 0 Å². The van der Waals surface area contributed by atoms with E-state index in [0.717, 1.165) is 12.5 Å². The molecular weight excluding hydrogens is 242 g/mol. The van der Waals surface area contributed by atoms with Crippen LogP contribution in [0.1, 0.15) is 19.8 Å². The largest absolute Gasteiger partial charge is 0.366 e. The number of nitrogens with zero attached hydrogens (tertiary/aromatic N) is 1. The second kappa shape index (κ2) is 5.96. The summed E-state index contributed by atoms with van der Waals surface area (Å²) in [7, 11) is 0. The molecular formula is C12H12F2N2O2. The Labute approximate surface area is 103 Å². The summed E-state index contributed by atoms with van der Waals surface area (Å²) in [4.78, 5) is 9.83. The van der Waals surface area contributed by atoms with Crippen LogP contribution in [0.3, 0.4) is 0 Å². The van der Waals surface area contributed by atoms with Gasteiger partial charge in [-0.15, -0.1) is 6.42 Å². The Balaban J connectivity index is 3.14. The van der Waals surface area contributed by atoms with Crippen molar-refractivity contribution < 1.29 is 13.7 Å². The van der Waals surface area contributed by atoms with E-state index in [2.05, 4.69) is 11.2 Å². The minimum atomic E-state index is -1.23. The lowest BCUT2D eigenvalue weighted by Gasteiger charge is -2.13. The summed E-state index contributed by atoms with van der Waals surface area (Å²) in [6.07, 6.45) is 6.53. The molecule has 18 heavy (non-hydrogen) atoms. The fourth-order valence-corrected chi connectivity index (χ4v) is 1.54.